The van der Waals surface area contributed by atoms with Crippen LogP contribution in [0.2, 0.25) is 0 Å². The monoisotopic (exact) mass is 418 g/mol. The fraction of sp³-hybridized carbons (Fsp3) is 0.360. The highest BCUT2D eigenvalue weighted by Gasteiger charge is 2.41. The molecule has 0 saturated carbocycles. The summed E-state index contributed by atoms with van der Waals surface area (Å²) in [5.41, 5.74) is 7.36. The average molecular weight is 419 g/mol. The molecule has 4 nitrogen and oxygen atoms in total. The number of aromatic nitrogens is 2. The van der Waals surface area contributed by atoms with E-state index >= 15 is 0 Å². The molecule has 0 spiro atoms. The Hall–Kier alpha value is -2.66. The van der Waals surface area contributed by atoms with Gasteiger partial charge in [0.25, 0.3) is 0 Å². The molecule has 3 aromatic rings. The third kappa shape index (κ3) is 3.63. The standard InChI is InChI=1S/C25H30N4S/c1-5-6-15-28-24(23(27-25(28)30)21-12-9-10-14-26-21)20-16-18(3)29(19(20)4)22-13-8-7-11-17(22)2/h7-14,16,23-24H,5-6,15H2,1-4H3,(H,27,30)/t23-,24+/m0/s1. The van der Waals surface area contributed by atoms with E-state index < -0.39 is 0 Å². The summed E-state index contributed by atoms with van der Waals surface area (Å²) in [6.07, 6.45) is 4.12. The van der Waals surface area contributed by atoms with Crippen LogP contribution in [-0.4, -0.2) is 26.1 Å². The Morgan fingerprint density at radius 2 is 1.83 bits per heavy atom. The predicted octanol–water partition coefficient (Wildman–Crippen LogP) is 5.57. The fourth-order valence-corrected chi connectivity index (χ4v) is 4.92. The van der Waals surface area contributed by atoms with E-state index in [0.717, 1.165) is 30.2 Å². The second kappa shape index (κ2) is 8.60. The lowest BCUT2D eigenvalue weighted by atomic mass is 9.96. The third-order valence-electron chi connectivity index (χ3n) is 6.10. The van der Waals surface area contributed by atoms with Gasteiger partial charge < -0.3 is 14.8 Å². The zero-order valence-corrected chi connectivity index (χ0v) is 19.0. The Labute approximate surface area is 184 Å². The van der Waals surface area contributed by atoms with Crippen LogP contribution in [0.4, 0.5) is 0 Å². The molecule has 1 aliphatic rings. The molecule has 156 valence electrons. The summed E-state index contributed by atoms with van der Waals surface area (Å²) in [5.74, 6) is 0. The summed E-state index contributed by atoms with van der Waals surface area (Å²) in [5, 5.41) is 4.39. The second-order valence-electron chi connectivity index (χ2n) is 8.12. The molecule has 30 heavy (non-hydrogen) atoms. The third-order valence-corrected chi connectivity index (χ3v) is 6.45. The van der Waals surface area contributed by atoms with Crippen LogP contribution >= 0.6 is 12.2 Å². The van der Waals surface area contributed by atoms with Crippen LogP contribution in [0.5, 0.6) is 0 Å². The van der Waals surface area contributed by atoms with Gasteiger partial charge in [0.1, 0.15) is 0 Å². The van der Waals surface area contributed by atoms with E-state index in [0.29, 0.717) is 0 Å². The van der Waals surface area contributed by atoms with E-state index in [1.807, 2.05) is 12.3 Å². The van der Waals surface area contributed by atoms with Crippen LogP contribution in [0.25, 0.3) is 5.69 Å². The quantitative estimate of drug-likeness (QED) is 0.531. The number of nitrogens with zero attached hydrogens (tertiary/aromatic N) is 3. The van der Waals surface area contributed by atoms with Gasteiger partial charge in [0.2, 0.25) is 0 Å². The molecule has 4 rings (SSSR count). The van der Waals surface area contributed by atoms with Crippen molar-refractivity contribution in [2.24, 2.45) is 0 Å². The van der Waals surface area contributed by atoms with Gasteiger partial charge in [0.15, 0.2) is 5.11 Å². The Balaban J connectivity index is 1.83. The Kier molecular flexibility index (Phi) is 5.91. The van der Waals surface area contributed by atoms with Crippen molar-refractivity contribution in [3.8, 4) is 5.69 Å². The second-order valence-corrected chi connectivity index (χ2v) is 8.51. The van der Waals surface area contributed by atoms with Gasteiger partial charge in [-0.1, -0.05) is 37.6 Å². The molecule has 1 aromatic carbocycles. The van der Waals surface area contributed by atoms with Gasteiger partial charge in [-0.3, -0.25) is 4.98 Å². The lowest BCUT2D eigenvalue weighted by Crippen LogP contribution is -2.30. The molecular formula is C25H30N4S. The molecule has 0 aliphatic carbocycles. The van der Waals surface area contributed by atoms with Crippen LogP contribution < -0.4 is 5.32 Å². The summed E-state index contributed by atoms with van der Waals surface area (Å²) in [7, 11) is 0. The summed E-state index contributed by atoms with van der Waals surface area (Å²) >= 11 is 5.79. The van der Waals surface area contributed by atoms with E-state index in [4.69, 9.17) is 12.2 Å². The Morgan fingerprint density at radius 3 is 2.53 bits per heavy atom. The van der Waals surface area contributed by atoms with E-state index in [1.54, 1.807) is 0 Å². The maximum atomic E-state index is 5.79. The van der Waals surface area contributed by atoms with Crippen molar-refractivity contribution in [1.82, 2.24) is 19.8 Å². The van der Waals surface area contributed by atoms with Crippen LogP contribution in [0.15, 0.2) is 54.7 Å². The minimum absolute atomic E-state index is 0.0429. The van der Waals surface area contributed by atoms with Crippen LogP contribution in [0.1, 0.15) is 60.1 Å². The number of hydrogen-bond acceptors (Lipinski definition) is 2. The number of pyridine rings is 1. The normalized spacial score (nSPS) is 18.7. The molecule has 0 bridgehead atoms. The molecule has 2 aromatic heterocycles. The molecule has 1 aliphatic heterocycles. The summed E-state index contributed by atoms with van der Waals surface area (Å²) in [6, 6.07) is 17.2. The highest BCUT2D eigenvalue weighted by atomic mass is 32.1. The molecule has 2 atom stereocenters. The molecule has 0 radical (unpaired) electrons. The molecule has 0 amide bonds. The number of aryl methyl sites for hydroxylation is 2. The van der Waals surface area contributed by atoms with Crippen molar-refractivity contribution >= 4 is 17.3 Å². The molecule has 1 saturated heterocycles. The van der Waals surface area contributed by atoms with E-state index in [1.165, 1.54) is 28.2 Å². The topological polar surface area (TPSA) is 33.1 Å². The van der Waals surface area contributed by atoms with Crippen LogP contribution in [0, 0.1) is 20.8 Å². The molecule has 5 heteroatoms. The SMILES string of the molecule is CCCCN1C(=S)N[C@@H](c2ccccn2)[C@H]1c1cc(C)n(-c2ccccc2C)c1C. The number of unbranched alkanes of at least 4 members (excludes halogenated alkanes) is 1. The van der Waals surface area contributed by atoms with Gasteiger partial charge in [0.05, 0.1) is 17.8 Å². The van der Waals surface area contributed by atoms with Crippen molar-refractivity contribution in [3.05, 3.63) is 82.9 Å². The zero-order chi connectivity index (χ0) is 21.3. The minimum atomic E-state index is 0.0429. The number of para-hydroxylation sites is 1. The predicted molar refractivity (Wildman–Crippen MR) is 127 cm³/mol. The van der Waals surface area contributed by atoms with Crippen molar-refractivity contribution < 1.29 is 0 Å². The first kappa shape index (κ1) is 20.6. The Bertz CT molecular complexity index is 1040. The maximum Gasteiger partial charge on any atom is 0.170 e. The Morgan fingerprint density at radius 1 is 1.07 bits per heavy atom. The maximum absolute atomic E-state index is 5.79. The lowest BCUT2D eigenvalue weighted by molar-refractivity contribution is 0.312. The largest absolute Gasteiger partial charge is 0.352 e. The molecule has 0 unspecified atom stereocenters. The van der Waals surface area contributed by atoms with E-state index in [-0.39, 0.29) is 12.1 Å². The molecule has 1 fully saturated rings. The smallest absolute Gasteiger partial charge is 0.170 e. The van der Waals surface area contributed by atoms with E-state index in [2.05, 4.69) is 89.9 Å². The minimum Gasteiger partial charge on any atom is -0.352 e. The van der Waals surface area contributed by atoms with E-state index in [9.17, 15) is 0 Å². The van der Waals surface area contributed by atoms with Crippen LogP contribution in [0.3, 0.4) is 0 Å². The number of hydrogen-bond donors (Lipinski definition) is 1. The molecule has 1 N–H and O–H groups in total. The van der Waals surface area contributed by atoms with Gasteiger partial charge in [-0.2, -0.15) is 0 Å². The molecule has 3 heterocycles. The van der Waals surface area contributed by atoms with Crippen molar-refractivity contribution in [3.63, 3.8) is 0 Å². The highest BCUT2D eigenvalue weighted by Crippen LogP contribution is 2.41. The number of thiocarbonyl (C=S) groups is 1. The van der Waals surface area contributed by atoms with Gasteiger partial charge in [-0.25, -0.2) is 0 Å². The zero-order valence-electron chi connectivity index (χ0n) is 18.2. The summed E-state index contributed by atoms with van der Waals surface area (Å²) < 4.78 is 2.37. The summed E-state index contributed by atoms with van der Waals surface area (Å²) in [6.45, 7) is 9.76. The van der Waals surface area contributed by atoms with Gasteiger partial charge >= 0.3 is 0 Å². The highest BCUT2D eigenvalue weighted by molar-refractivity contribution is 7.80. The number of nitrogens with one attached hydrogen (secondary N) is 1. The average Bonchev–Trinajstić information content (AvgIpc) is 3.23. The summed E-state index contributed by atoms with van der Waals surface area (Å²) in [4.78, 5) is 7.02. The first-order valence-corrected chi connectivity index (χ1v) is 11.2. The van der Waals surface area contributed by atoms with Gasteiger partial charge in [-0.05, 0) is 74.8 Å². The first-order chi connectivity index (χ1) is 14.5. The fourth-order valence-electron chi connectivity index (χ4n) is 4.59. The number of rotatable bonds is 6. The van der Waals surface area contributed by atoms with Gasteiger partial charge in [-0.15, -0.1) is 0 Å². The van der Waals surface area contributed by atoms with Crippen molar-refractivity contribution in [2.75, 3.05) is 6.54 Å². The first-order valence-electron chi connectivity index (χ1n) is 10.8. The van der Waals surface area contributed by atoms with Crippen LogP contribution in [-0.2, 0) is 0 Å². The van der Waals surface area contributed by atoms with Crippen molar-refractivity contribution in [1.29, 1.82) is 0 Å². The lowest BCUT2D eigenvalue weighted by Gasteiger charge is -2.28. The van der Waals surface area contributed by atoms with Crippen molar-refractivity contribution in [2.45, 2.75) is 52.6 Å². The number of benzene rings is 1. The van der Waals surface area contributed by atoms with Gasteiger partial charge in [0, 0.05) is 29.8 Å². The molecular weight excluding hydrogens is 388 g/mol.